The van der Waals surface area contributed by atoms with E-state index in [0.29, 0.717) is 5.69 Å². The van der Waals surface area contributed by atoms with Crippen molar-refractivity contribution in [2.45, 2.75) is 61.0 Å². The SMILES string of the molecule is COC1C(SC2COCC(O)(n3cc(-c4ccccc4)nn3)C2)OC(COC(C)=O)C(OC(C)=O)C1N=[N+]=[N-]. The Morgan fingerprint density at radius 3 is 2.72 bits per heavy atom. The van der Waals surface area contributed by atoms with Crippen molar-refractivity contribution in [2.75, 3.05) is 26.9 Å². The Balaban J connectivity index is 1.53. The van der Waals surface area contributed by atoms with Crippen LogP contribution in [0.4, 0.5) is 0 Å². The second-order valence-electron chi connectivity index (χ2n) is 9.19. The average Bonchev–Trinajstić information content (AvgIpc) is 3.41. The molecule has 0 bridgehead atoms. The molecule has 2 aliphatic rings. The molecule has 2 aliphatic heterocycles. The Bertz CT molecular complexity index is 1190. The predicted molar refractivity (Wildman–Crippen MR) is 137 cm³/mol. The first kappa shape index (κ1) is 28.8. The zero-order valence-electron chi connectivity index (χ0n) is 21.7. The molecule has 0 spiro atoms. The van der Waals surface area contributed by atoms with Gasteiger partial charge in [0.1, 0.15) is 42.1 Å². The Morgan fingerprint density at radius 1 is 1.28 bits per heavy atom. The van der Waals surface area contributed by atoms with Crippen molar-refractivity contribution in [2.24, 2.45) is 5.11 Å². The third kappa shape index (κ3) is 6.87. The van der Waals surface area contributed by atoms with Gasteiger partial charge in [0.15, 0.2) is 5.72 Å². The summed E-state index contributed by atoms with van der Waals surface area (Å²) in [6, 6.07) is 8.50. The molecule has 15 heteroatoms. The molecule has 2 saturated heterocycles. The standard InChI is InChI=1S/C24H30N6O8S/c1-14(31)36-12-19-21(37-15(2)32)20(27-28-25)22(34-3)23(38-19)39-17-9-24(33,13-35-11-17)30-10-18(26-29-30)16-7-5-4-6-8-16/h4-8,10,17,19-23,33H,9,11-13H2,1-3H3. The third-order valence-corrected chi connectivity index (χ3v) is 7.67. The van der Waals surface area contributed by atoms with Crippen LogP contribution in [0.3, 0.4) is 0 Å². The zero-order chi connectivity index (χ0) is 28.0. The van der Waals surface area contributed by atoms with Crippen LogP contribution in [0.2, 0.25) is 0 Å². The highest BCUT2D eigenvalue weighted by atomic mass is 32.2. The fourth-order valence-electron chi connectivity index (χ4n) is 4.60. The van der Waals surface area contributed by atoms with Crippen LogP contribution >= 0.6 is 11.8 Å². The van der Waals surface area contributed by atoms with Gasteiger partial charge in [0.05, 0.1) is 19.4 Å². The lowest BCUT2D eigenvalue weighted by molar-refractivity contribution is -0.196. The number of methoxy groups -OCH3 is 1. The van der Waals surface area contributed by atoms with E-state index in [9.17, 15) is 20.2 Å². The van der Waals surface area contributed by atoms with Gasteiger partial charge in [0.25, 0.3) is 0 Å². The summed E-state index contributed by atoms with van der Waals surface area (Å²) < 4.78 is 29.5. The quantitative estimate of drug-likeness (QED) is 0.204. The Hall–Kier alpha value is -3.20. The molecule has 210 valence electrons. The number of aliphatic hydroxyl groups is 1. The van der Waals surface area contributed by atoms with Gasteiger partial charge in [-0.05, 0) is 5.53 Å². The molecular weight excluding hydrogens is 532 g/mol. The molecule has 7 atom stereocenters. The van der Waals surface area contributed by atoms with E-state index in [2.05, 4.69) is 20.3 Å². The van der Waals surface area contributed by atoms with Crippen LogP contribution in [0.1, 0.15) is 20.3 Å². The van der Waals surface area contributed by atoms with Crippen molar-refractivity contribution >= 4 is 23.7 Å². The minimum Gasteiger partial charge on any atom is -0.463 e. The van der Waals surface area contributed by atoms with Crippen molar-refractivity contribution in [1.82, 2.24) is 15.0 Å². The number of azide groups is 1. The van der Waals surface area contributed by atoms with Crippen LogP contribution in [-0.4, -0.2) is 94.0 Å². The lowest BCUT2D eigenvalue weighted by atomic mass is 9.97. The molecule has 1 aromatic carbocycles. The zero-order valence-corrected chi connectivity index (χ0v) is 22.5. The van der Waals surface area contributed by atoms with Gasteiger partial charge in [-0.15, -0.1) is 16.9 Å². The second kappa shape index (κ2) is 12.8. The minimum absolute atomic E-state index is 0.00579. The van der Waals surface area contributed by atoms with E-state index in [0.717, 1.165) is 5.56 Å². The summed E-state index contributed by atoms with van der Waals surface area (Å²) >= 11 is 1.30. The molecule has 0 radical (unpaired) electrons. The van der Waals surface area contributed by atoms with Crippen LogP contribution < -0.4 is 0 Å². The fraction of sp³-hybridized carbons (Fsp3) is 0.583. The number of hydrogen-bond donors (Lipinski definition) is 1. The van der Waals surface area contributed by atoms with Crippen molar-refractivity contribution in [3.8, 4) is 11.3 Å². The van der Waals surface area contributed by atoms with E-state index in [1.807, 2.05) is 30.3 Å². The van der Waals surface area contributed by atoms with Crippen molar-refractivity contribution in [3.05, 3.63) is 47.0 Å². The number of benzene rings is 1. The molecule has 14 nitrogen and oxygen atoms in total. The maximum atomic E-state index is 11.8. The lowest BCUT2D eigenvalue weighted by Crippen LogP contribution is -2.59. The number of ether oxygens (including phenoxy) is 5. The Labute approximate surface area is 228 Å². The van der Waals surface area contributed by atoms with Gasteiger partial charge in [-0.25, -0.2) is 4.68 Å². The summed E-state index contributed by atoms with van der Waals surface area (Å²) in [5.74, 6) is -1.17. The number of rotatable bonds is 9. The first-order valence-electron chi connectivity index (χ1n) is 12.2. The van der Waals surface area contributed by atoms with E-state index < -0.39 is 47.5 Å². The van der Waals surface area contributed by atoms with E-state index in [1.54, 1.807) is 6.20 Å². The monoisotopic (exact) mass is 562 g/mol. The van der Waals surface area contributed by atoms with Crippen molar-refractivity contribution in [1.29, 1.82) is 0 Å². The molecule has 0 aliphatic carbocycles. The highest BCUT2D eigenvalue weighted by Crippen LogP contribution is 2.40. The predicted octanol–water partition coefficient (Wildman–Crippen LogP) is 2.03. The molecule has 2 aromatic rings. The van der Waals surface area contributed by atoms with E-state index in [1.165, 1.54) is 37.4 Å². The van der Waals surface area contributed by atoms with Gasteiger partial charge in [0.2, 0.25) is 0 Å². The number of hydrogen-bond acceptors (Lipinski definition) is 12. The molecule has 39 heavy (non-hydrogen) atoms. The third-order valence-electron chi connectivity index (χ3n) is 6.33. The number of nitrogens with zero attached hydrogens (tertiary/aromatic N) is 6. The van der Waals surface area contributed by atoms with E-state index >= 15 is 0 Å². The van der Waals surface area contributed by atoms with Crippen LogP contribution in [0.25, 0.3) is 21.7 Å². The van der Waals surface area contributed by atoms with Gasteiger partial charge < -0.3 is 28.8 Å². The first-order chi connectivity index (χ1) is 18.7. The highest BCUT2D eigenvalue weighted by Gasteiger charge is 2.50. The molecule has 0 saturated carbocycles. The molecule has 7 unspecified atom stereocenters. The van der Waals surface area contributed by atoms with Gasteiger partial charge in [0, 0.05) is 43.1 Å². The van der Waals surface area contributed by atoms with Crippen molar-refractivity contribution in [3.63, 3.8) is 0 Å². The van der Waals surface area contributed by atoms with Crippen LogP contribution in [0.15, 0.2) is 41.6 Å². The summed E-state index contributed by atoms with van der Waals surface area (Å²) in [5, 5.41) is 23.3. The summed E-state index contributed by atoms with van der Waals surface area (Å²) in [6.07, 6.45) is -0.901. The minimum atomic E-state index is -1.48. The normalized spacial score (nSPS) is 30.7. The molecule has 4 rings (SSSR count). The molecule has 1 N–H and O–H groups in total. The molecule has 3 heterocycles. The van der Waals surface area contributed by atoms with Gasteiger partial charge in [-0.1, -0.05) is 40.7 Å². The van der Waals surface area contributed by atoms with Crippen molar-refractivity contribution < 1.29 is 38.4 Å². The topological polar surface area (TPSA) is 180 Å². The summed E-state index contributed by atoms with van der Waals surface area (Å²) in [5.41, 5.74) is 8.48. The van der Waals surface area contributed by atoms with Crippen LogP contribution in [-0.2, 0) is 39.0 Å². The largest absolute Gasteiger partial charge is 0.463 e. The molecular formula is C24H30N6O8S. The second-order valence-corrected chi connectivity index (χ2v) is 10.6. The van der Waals surface area contributed by atoms with E-state index in [4.69, 9.17) is 23.7 Å². The van der Waals surface area contributed by atoms with Gasteiger partial charge in [-0.2, -0.15) is 0 Å². The van der Waals surface area contributed by atoms with Gasteiger partial charge in [-0.3, -0.25) is 9.59 Å². The lowest BCUT2D eigenvalue weighted by Gasteiger charge is -2.45. The summed E-state index contributed by atoms with van der Waals surface area (Å²) in [6.45, 7) is 2.52. The number of esters is 2. The van der Waals surface area contributed by atoms with Crippen LogP contribution in [0, 0.1) is 0 Å². The van der Waals surface area contributed by atoms with Gasteiger partial charge >= 0.3 is 11.9 Å². The molecule has 2 fully saturated rings. The Morgan fingerprint density at radius 2 is 2.05 bits per heavy atom. The maximum absolute atomic E-state index is 11.8. The van der Waals surface area contributed by atoms with Crippen LogP contribution in [0.5, 0.6) is 0 Å². The maximum Gasteiger partial charge on any atom is 0.303 e. The molecule has 0 amide bonds. The highest BCUT2D eigenvalue weighted by molar-refractivity contribution is 8.00. The number of thioether (sulfide) groups is 1. The summed E-state index contributed by atoms with van der Waals surface area (Å²) in [4.78, 5) is 26.2. The smallest absolute Gasteiger partial charge is 0.303 e. The number of aromatic nitrogens is 3. The fourth-order valence-corrected chi connectivity index (χ4v) is 6.15. The Kier molecular flexibility index (Phi) is 9.43. The summed E-state index contributed by atoms with van der Waals surface area (Å²) in [7, 11) is 1.42. The van der Waals surface area contributed by atoms with E-state index in [-0.39, 0.29) is 31.5 Å². The first-order valence-corrected chi connectivity index (χ1v) is 13.1. The average molecular weight is 563 g/mol. The number of carbonyl (C=O) groups excluding carboxylic acids is 2. The molecule has 1 aromatic heterocycles. The number of carbonyl (C=O) groups is 2.